The largest absolute Gasteiger partial charge is 0.469 e. The summed E-state index contributed by atoms with van der Waals surface area (Å²) in [6.07, 6.45) is 6.41. The second kappa shape index (κ2) is 14.2. The van der Waals surface area contributed by atoms with Crippen LogP contribution in [0.4, 0.5) is 0 Å². The minimum atomic E-state index is -0.737. The number of hydrogen-bond donors (Lipinski definition) is 2. The number of rotatable bonds is 9. The Kier molecular flexibility index (Phi) is 11.3. The van der Waals surface area contributed by atoms with Crippen molar-refractivity contribution in [2.45, 2.75) is 63.5 Å². The third kappa shape index (κ3) is 8.07. The quantitative estimate of drug-likeness (QED) is 0.368. The first-order chi connectivity index (χ1) is 17.3. The number of esters is 1. The van der Waals surface area contributed by atoms with Gasteiger partial charge in [0.1, 0.15) is 6.04 Å². The molecule has 3 atom stereocenters. The molecule has 1 aromatic rings. The number of nitrogens with zero attached hydrogens (tertiary/aromatic N) is 2. The van der Waals surface area contributed by atoms with Crippen molar-refractivity contribution in [1.29, 1.82) is 0 Å². The molecule has 1 saturated heterocycles. The summed E-state index contributed by atoms with van der Waals surface area (Å²) >= 11 is 12.4. The molecule has 2 unspecified atom stereocenters. The van der Waals surface area contributed by atoms with Gasteiger partial charge in [-0.25, -0.2) is 0 Å². The molecule has 2 fully saturated rings. The summed E-state index contributed by atoms with van der Waals surface area (Å²) in [5.41, 5.74) is 6.28. The van der Waals surface area contributed by atoms with E-state index in [1.54, 1.807) is 18.2 Å². The Morgan fingerprint density at radius 1 is 1.11 bits per heavy atom. The van der Waals surface area contributed by atoms with E-state index in [1.807, 2.05) is 4.90 Å². The molecule has 1 heterocycles. The maximum absolute atomic E-state index is 13.5. The summed E-state index contributed by atoms with van der Waals surface area (Å²) in [6, 6.07) is 4.72. The number of carbonyl (C=O) groups excluding carboxylic acids is 3. The van der Waals surface area contributed by atoms with Crippen molar-refractivity contribution >= 4 is 41.0 Å². The number of methoxy groups -OCH3 is 1. The van der Waals surface area contributed by atoms with Crippen molar-refractivity contribution in [3.05, 3.63) is 33.8 Å². The minimum absolute atomic E-state index is 0.127. The van der Waals surface area contributed by atoms with Crippen LogP contribution in [0.5, 0.6) is 0 Å². The van der Waals surface area contributed by atoms with Gasteiger partial charge < -0.3 is 20.7 Å². The van der Waals surface area contributed by atoms with Gasteiger partial charge in [0, 0.05) is 68.1 Å². The SMILES string of the molecule is COC(=O)CC1CCCCCC1N1CCN(C(=O)[C@@H](Cc2ccc(Cl)cc2Cl)NC(=O)CCN)CC1. The summed E-state index contributed by atoms with van der Waals surface area (Å²) < 4.78 is 4.95. The minimum Gasteiger partial charge on any atom is -0.469 e. The lowest BCUT2D eigenvalue weighted by atomic mass is 9.89. The highest BCUT2D eigenvalue weighted by atomic mass is 35.5. The summed E-state index contributed by atoms with van der Waals surface area (Å²) in [7, 11) is 1.44. The van der Waals surface area contributed by atoms with E-state index in [0.29, 0.717) is 35.6 Å². The molecular weight excluding hydrogens is 503 g/mol. The molecule has 1 saturated carbocycles. The normalized spacial score (nSPS) is 21.9. The van der Waals surface area contributed by atoms with Gasteiger partial charge in [0.05, 0.1) is 7.11 Å². The zero-order chi connectivity index (χ0) is 26.1. The van der Waals surface area contributed by atoms with Gasteiger partial charge in [-0.05, 0) is 36.5 Å². The van der Waals surface area contributed by atoms with Crippen molar-refractivity contribution < 1.29 is 19.1 Å². The highest BCUT2D eigenvalue weighted by Gasteiger charge is 2.35. The number of nitrogens with one attached hydrogen (secondary N) is 1. The molecule has 200 valence electrons. The lowest BCUT2D eigenvalue weighted by Crippen LogP contribution is -2.58. The summed E-state index contributed by atoms with van der Waals surface area (Å²) in [5, 5.41) is 3.83. The van der Waals surface area contributed by atoms with E-state index < -0.39 is 6.04 Å². The lowest BCUT2D eigenvalue weighted by Gasteiger charge is -2.42. The van der Waals surface area contributed by atoms with Crippen LogP contribution < -0.4 is 11.1 Å². The highest BCUT2D eigenvalue weighted by molar-refractivity contribution is 6.35. The average molecular weight is 542 g/mol. The van der Waals surface area contributed by atoms with Crippen molar-refractivity contribution in [3.8, 4) is 0 Å². The van der Waals surface area contributed by atoms with Crippen LogP contribution in [0, 0.1) is 5.92 Å². The fraction of sp³-hybridized carbons (Fsp3) is 0.654. The number of hydrogen-bond acceptors (Lipinski definition) is 6. The molecule has 0 bridgehead atoms. The fourth-order valence-electron chi connectivity index (χ4n) is 5.38. The molecule has 1 aliphatic heterocycles. The van der Waals surface area contributed by atoms with Crippen LogP contribution in [0.2, 0.25) is 10.0 Å². The molecule has 0 aromatic heterocycles. The van der Waals surface area contributed by atoms with Gasteiger partial charge in [-0.2, -0.15) is 0 Å². The predicted octanol–water partition coefficient (Wildman–Crippen LogP) is 3.03. The number of piperazine rings is 1. The molecule has 3 N–H and O–H groups in total. The van der Waals surface area contributed by atoms with E-state index in [2.05, 4.69) is 10.2 Å². The maximum atomic E-state index is 13.5. The topological polar surface area (TPSA) is 105 Å². The second-order valence-electron chi connectivity index (χ2n) is 9.71. The van der Waals surface area contributed by atoms with Crippen molar-refractivity contribution in [2.75, 3.05) is 39.8 Å². The smallest absolute Gasteiger partial charge is 0.305 e. The molecule has 8 nitrogen and oxygen atoms in total. The Balaban J connectivity index is 1.67. The second-order valence-corrected chi connectivity index (χ2v) is 10.5. The third-order valence-electron chi connectivity index (χ3n) is 7.31. The van der Waals surface area contributed by atoms with E-state index in [-0.39, 0.29) is 43.1 Å². The third-order valence-corrected chi connectivity index (χ3v) is 7.90. The Labute approximate surface area is 223 Å². The number of halogens is 2. The molecule has 3 rings (SSSR count). The Morgan fingerprint density at radius 3 is 2.50 bits per heavy atom. The first kappa shape index (κ1) is 28.7. The Morgan fingerprint density at radius 2 is 1.83 bits per heavy atom. The molecule has 36 heavy (non-hydrogen) atoms. The van der Waals surface area contributed by atoms with Crippen LogP contribution in [0.3, 0.4) is 0 Å². The van der Waals surface area contributed by atoms with Gasteiger partial charge in [-0.15, -0.1) is 0 Å². The number of nitrogens with two attached hydrogens (primary N) is 1. The first-order valence-corrected chi connectivity index (χ1v) is 13.6. The van der Waals surface area contributed by atoms with E-state index >= 15 is 0 Å². The number of amides is 2. The van der Waals surface area contributed by atoms with E-state index in [9.17, 15) is 14.4 Å². The predicted molar refractivity (Wildman–Crippen MR) is 141 cm³/mol. The van der Waals surface area contributed by atoms with Gasteiger partial charge in [-0.3, -0.25) is 19.3 Å². The lowest BCUT2D eigenvalue weighted by molar-refractivity contribution is -0.142. The summed E-state index contributed by atoms with van der Waals surface area (Å²) in [4.78, 5) is 42.1. The number of benzene rings is 1. The van der Waals surface area contributed by atoms with Crippen LogP contribution >= 0.6 is 23.2 Å². The number of ether oxygens (including phenoxy) is 1. The van der Waals surface area contributed by atoms with E-state index in [0.717, 1.165) is 44.3 Å². The van der Waals surface area contributed by atoms with Crippen LogP contribution in [0.15, 0.2) is 18.2 Å². The van der Waals surface area contributed by atoms with Crippen LogP contribution in [-0.2, 0) is 25.5 Å². The fourth-order valence-corrected chi connectivity index (χ4v) is 5.87. The Bertz CT molecular complexity index is 908. The molecule has 1 aliphatic carbocycles. The summed E-state index contributed by atoms with van der Waals surface area (Å²) in [5.74, 6) is -0.267. The van der Waals surface area contributed by atoms with Crippen molar-refractivity contribution in [1.82, 2.24) is 15.1 Å². The zero-order valence-corrected chi connectivity index (χ0v) is 22.5. The van der Waals surface area contributed by atoms with E-state index in [1.165, 1.54) is 13.5 Å². The highest BCUT2D eigenvalue weighted by Crippen LogP contribution is 2.31. The van der Waals surface area contributed by atoms with Crippen molar-refractivity contribution in [2.24, 2.45) is 11.7 Å². The van der Waals surface area contributed by atoms with Crippen LogP contribution in [0.1, 0.15) is 50.5 Å². The molecule has 0 spiro atoms. The van der Waals surface area contributed by atoms with Gasteiger partial charge in [0.2, 0.25) is 11.8 Å². The Hall–Kier alpha value is -1.87. The van der Waals surface area contributed by atoms with Crippen molar-refractivity contribution in [3.63, 3.8) is 0 Å². The molecule has 2 aliphatic rings. The van der Waals surface area contributed by atoms with Gasteiger partial charge in [0.25, 0.3) is 0 Å². The standard InChI is InChI=1S/C26H38Cl2N4O4/c1-36-25(34)16-19-5-3-2-4-6-23(19)31-11-13-32(14-12-31)26(35)22(30-24(33)9-10-29)15-18-7-8-20(27)17-21(18)28/h7-8,17,19,22-23H,2-6,9-16,29H2,1H3,(H,30,33)/t19?,22-,23?/m1/s1. The molecule has 10 heteroatoms. The van der Waals surface area contributed by atoms with Gasteiger partial charge in [0.15, 0.2) is 0 Å². The molecular formula is C26H38Cl2N4O4. The van der Waals surface area contributed by atoms with Crippen LogP contribution in [0.25, 0.3) is 0 Å². The number of carbonyl (C=O) groups is 3. The van der Waals surface area contributed by atoms with E-state index in [4.69, 9.17) is 33.7 Å². The molecule has 0 radical (unpaired) electrons. The van der Waals surface area contributed by atoms with Gasteiger partial charge in [-0.1, -0.05) is 48.5 Å². The molecule has 2 amide bonds. The summed E-state index contributed by atoms with van der Waals surface area (Å²) in [6.45, 7) is 2.81. The first-order valence-electron chi connectivity index (χ1n) is 12.9. The molecule has 1 aromatic carbocycles. The zero-order valence-electron chi connectivity index (χ0n) is 21.0. The average Bonchev–Trinajstić information content (AvgIpc) is 3.10. The monoisotopic (exact) mass is 540 g/mol. The maximum Gasteiger partial charge on any atom is 0.305 e. The van der Waals surface area contributed by atoms with Crippen LogP contribution in [-0.4, -0.2) is 79.5 Å². The van der Waals surface area contributed by atoms with Gasteiger partial charge >= 0.3 is 5.97 Å².